The first-order valence-electron chi connectivity index (χ1n) is 8.88. The number of likely N-dealkylation sites (N-methyl/N-ethyl adjacent to an activating group) is 1. The molecule has 0 saturated carbocycles. The van der Waals surface area contributed by atoms with E-state index in [0.717, 1.165) is 4.47 Å². The number of non-ortho nitro benzene ring substituents is 1. The van der Waals surface area contributed by atoms with Crippen molar-refractivity contribution >= 4 is 67.8 Å². The van der Waals surface area contributed by atoms with Crippen molar-refractivity contribution in [3.8, 4) is 11.3 Å². The van der Waals surface area contributed by atoms with Crippen LogP contribution in [0.2, 0.25) is 5.02 Å². The lowest BCUT2D eigenvalue weighted by atomic mass is 10.1. The van der Waals surface area contributed by atoms with Gasteiger partial charge in [0.1, 0.15) is 11.5 Å². The Bertz CT molecular complexity index is 1250. The molecule has 0 bridgehead atoms. The minimum Gasteiger partial charge on any atom is -0.457 e. The average Bonchev–Trinajstić information content (AvgIpc) is 3.32. The summed E-state index contributed by atoms with van der Waals surface area (Å²) in [6.07, 6.45) is 1.65. The molecule has 0 spiro atoms. The molecule has 0 aliphatic carbocycles. The van der Waals surface area contributed by atoms with E-state index < -0.39 is 4.92 Å². The van der Waals surface area contributed by atoms with E-state index in [1.807, 2.05) is 0 Å². The molecule has 0 atom stereocenters. The highest BCUT2D eigenvalue weighted by Crippen LogP contribution is 2.35. The first-order chi connectivity index (χ1) is 14.8. The van der Waals surface area contributed by atoms with Crippen LogP contribution in [-0.4, -0.2) is 27.9 Å². The van der Waals surface area contributed by atoms with Gasteiger partial charge in [-0.2, -0.15) is 0 Å². The number of aliphatic imine (C=N–C) groups is 1. The summed E-state index contributed by atoms with van der Waals surface area (Å²) in [6, 6.07) is 14.9. The molecule has 0 radical (unpaired) electrons. The van der Waals surface area contributed by atoms with Gasteiger partial charge in [0, 0.05) is 35.3 Å². The molecule has 1 aliphatic rings. The highest BCUT2D eigenvalue weighted by molar-refractivity contribution is 9.10. The first kappa shape index (κ1) is 21.4. The molecule has 2 aromatic carbocycles. The van der Waals surface area contributed by atoms with Crippen LogP contribution in [0, 0.1) is 10.1 Å². The molecule has 156 valence electrons. The van der Waals surface area contributed by atoms with Gasteiger partial charge in [0.15, 0.2) is 5.17 Å². The third-order valence-electron chi connectivity index (χ3n) is 4.39. The maximum absolute atomic E-state index is 12.6. The van der Waals surface area contributed by atoms with Gasteiger partial charge in [-0.25, -0.2) is 4.99 Å². The van der Waals surface area contributed by atoms with Gasteiger partial charge in [-0.3, -0.25) is 19.8 Å². The molecule has 0 N–H and O–H groups in total. The number of amidine groups is 1. The molecule has 1 saturated heterocycles. The zero-order valence-corrected chi connectivity index (χ0v) is 19.1. The van der Waals surface area contributed by atoms with Crippen molar-refractivity contribution in [2.45, 2.75) is 0 Å². The summed E-state index contributed by atoms with van der Waals surface area (Å²) in [4.78, 5) is 29.4. The lowest BCUT2D eigenvalue weighted by molar-refractivity contribution is -0.384. The SMILES string of the molecule is CN1C(=O)/C(=C\c2ccc(-c3ccc([N+](=O)[O-])cc3)o2)SC1=Nc1ccc(Br)c(Cl)c1. The summed E-state index contributed by atoms with van der Waals surface area (Å²) in [5.74, 6) is 0.842. The molecule has 10 heteroatoms. The molecule has 3 aromatic rings. The van der Waals surface area contributed by atoms with Gasteiger partial charge < -0.3 is 4.42 Å². The molecule has 4 rings (SSSR count). The molecule has 1 aromatic heterocycles. The quantitative estimate of drug-likeness (QED) is 0.223. The fraction of sp³-hybridized carbons (Fsp3) is 0.0476. The molecule has 0 unspecified atom stereocenters. The Morgan fingerprint density at radius 1 is 1.19 bits per heavy atom. The maximum atomic E-state index is 12.6. The smallest absolute Gasteiger partial charge is 0.269 e. The van der Waals surface area contributed by atoms with E-state index >= 15 is 0 Å². The first-order valence-corrected chi connectivity index (χ1v) is 10.9. The Morgan fingerprint density at radius 3 is 2.61 bits per heavy atom. The van der Waals surface area contributed by atoms with Gasteiger partial charge in [-0.15, -0.1) is 0 Å². The number of hydrogen-bond acceptors (Lipinski definition) is 6. The lowest BCUT2D eigenvalue weighted by Gasteiger charge is -2.07. The number of carbonyl (C=O) groups is 1. The van der Waals surface area contributed by atoms with Gasteiger partial charge in [0.25, 0.3) is 11.6 Å². The fourth-order valence-corrected chi connectivity index (χ4v) is 4.17. The maximum Gasteiger partial charge on any atom is 0.269 e. The predicted octanol–water partition coefficient (Wildman–Crippen LogP) is 6.50. The van der Waals surface area contributed by atoms with Crippen molar-refractivity contribution in [3.63, 3.8) is 0 Å². The normalized spacial score (nSPS) is 16.5. The second-order valence-corrected chi connectivity index (χ2v) is 8.74. The minimum absolute atomic E-state index is 0.00696. The molecular formula is C21H13BrClN3O4S. The van der Waals surface area contributed by atoms with Crippen molar-refractivity contribution < 1.29 is 14.1 Å². The van der Waals surface area contributed by atoms with Gasteiger partial charge >= 0.3 is 0 Å². The van der Waals surface area contributed by atoms with Crippen molar-refractivity contribution in [1.29, 1.82) is 0 Å². The van der Waals surface area contributed by atoms with Gasteiger partial charge in [-0.1, -0.05) is 11.6 Å². The van der Waals surface area contributed by atoms with Crippen molar-refractivity contribution in [3.05, 3.63) is 84.9 Å². The number of rotatable bonds is 4. The number of thioether (sulfide) groups is 1. The van der Waals surface area contributed by atoms with Crippen LogP contribution in [0.5, 0.6) is 0 Å². The van der Waals surface area contributed by atoms with Crippen molar-refractivity contribution in [2.24, 2.45) is 4.99 Å². The Morgan fingerprint density at radius 2 is 1.94 bits per heavy atom. The summed E-state index contributed by atoms with van der Waals surface area (Å²) in [5.41, 5.74) is 1.34. The second kappa shape index (κ2) is 8.70. The third kappa shape index (κ3) is 4.58. The van der Waals surface area contributed by atoms with E-state index in [9.17, 15) is 14.9 Å². The fourth-order valence-electron chi connectivity index (χ4n) is 2.78. The lowest BCUT2D eigenvalue weighted by Crippen LogP contribution is -2.23. The molecule has 7 nitrogen and oxygen atoms in total. The topological polar surface area (TPSA) is 89.0 Å². The highest BCUT2D eigenvalue weighted by atomic mass is 79.9. The number of nitro benzene ring substituents is 1. The van der Waals surface area contributed by atoms with Crippen LogP contribution in [0.15, 0.2) is 73.4 Å². The summed E-state index contributed by atoms with van der Waals surface area (Å²) >= 11 is 10.7. The minimum atomic E-state index is -0.456. The molecule has 31 heavy (non-hydrogen) atoms. The zero-order chi connectivity index (χ0) is 22.1. The largest absolute Gasteiger partial charge is 0.457 e. The number of carbonyl (C=O) groups excluding carboxylic acids is 1. The monoisotopic (exact) mass is 517 g/mol. The Balaban J connectivity index is 1.56. The van der Waals surface area contributed by atoms with Crippen molar-refractivity contribution in [2.75, 3.05) is 7.05 Å². The van der Waals surface area contributed by atoms with E-state index in [1.165, 1.54) is 28.8 Å². The Labute approximate surface area is 194 Å². The number of halogens is 2. The molecule has 1 amide bonds. The summed E-state index contributed by atoms with van der Waals surface area (Å²) in [5, 5.41) is 11.9. The van der Waals surface area contributed by atoms with E-state index in [4.69, 9.17) is 16.0 Å². The van der Waals surface area contributed by atoms with Gasteiger partial charge in [0.05, 0.1) is 20.5 Å². The molecule has 1 fully saturated rings. The van der Waals surface area contributed by atoms with Crippen LogP contribution in [-0.2, 0) is 4.79 Å². The highest BCUT2D eigenvalue weighted by Gasteiger charge is 2.30. The number of amides is 1. The number of benzene rings is 2. The van der Waals surface area contributed by atoms with Gasteiger partial charge in [0.2, 0.25) is 0 Å². The summed E-state index contributed by atoms with van der Waals surface area (Å²) in [7, 11) is 1.65. The molecule has 1 aliphatic heterocycles. The zero-order valence-electron chi connectivity index (χ0n) is 15.9. The van der Waals surface area contributed by atoms with Crippen LogP contribution in [0.1, 0.15) is 5.76 Å². The van der Waals surface area contributed by atoms with E-state index in [2.05, 4.69) is 20.9 Å². The third-order valence-corrected chi connectivity index (χ3v) is 6.69. The average molecular weight is 519 g/mol. The van der Waals surface area contributed by atoms with E-state index in [1.54, 1.807) is 55.6 Å². The predicted molar refractivity (Wildman–Crippen MR) is 125 cm³/mol. The van der Waals surface area contributed by atoms with Gasteiger partial charge in [-0.05, 0) is 70.2 Å². The van der Waals surface area contributed by atoms with E-state index in [-0.39, 0.29) is 11.6 Å². The number of hydrogen-bond donors (Lipinski definition) is 0. The second-order valence-electron chi connectivity index (χ2n) is 6.47. The summed E-state index contributed by atoms with van der Waals surface area (Å²) < 4.78 is 6.57. The molecule has 2 heterocycles. The number of nitro groups is 1. The number of nitrogens with zero attached hydrogens (tertiary/aromatic N) is 3. The van der Waals surface area contributed by atoms with Crippen LogP contribution in [0.3, 0.4) is 0 Å². The van der Waals surface area contributed by atoms with Crippen LogP contribution >= 0.6 is 39.3 Å². The summed E-state index contributed by atoms with van der Waals surface area (Å²) in [6.45, 7) is 0. The number of furan rings is 1. The standard InChI is InChI=1S/C21H13BrClN3O4S/c1-25-20(27)19(31-21(25)24-13-4-8-16(22)17(23)10-13)11-15-7-9-18(30-15)12-2-5-14(6-3-12)26(28)29/h2-11H,1H3/b19-11+,24-21?. The molecular weight excluding hydrogens is 506 g/mol. The van der Waals surface area contributed by atoms with Crippen molar-refractivity contribution in [1.82, 2.24) is 4.90 Å². The van der Waals surface area contributed by atoms with Crippen LogP contribution in [0.4, 0.5) is 11.4 Å². The van der Waals surface area contributed by atoms with Crippen LogP contribution < -0.4 is 0 Å². The van der Waals surface area contributed by atoms with Crippen LogP contribution in [0.25, 0.3) is 17.4 Å². The Kier molecular flexibility index (Phi) is 5.99. The van der Waals surface area contributed by atoms with E-state index in [0.29, 0.717) is 37.9 Å². The Hall–Kier alpha value is -2.88.